The number of hydrogen-bond acceptors (Lipinski definition) is 1. The van der Waals surface area contributed by atoms with Crippen LogP contribution >= 0.6 is 0 Å². The van der Waals surface area contributed by atoms with Gasteiger partial charge < -0.3 is 4.74 Å². The zero-order valence-corrected chi connectivity index (χ0v) is 9.35. The molecule has 0 aliphatic rings. The van der Waals surface area contributed by atoms with Gasteiger partial charge in [0.2, 0.25) is 0 Å². The topological polar surface area (TPSA) is 9.23 Å². The summed E-state index contributed by atoms with van der Waals surface area (Å²) in [4.78, 5) is 0. The van der Waals surface area contributed by atoms with Gasteiger partial charge in [-0.1, -0.05) is 52.4 Å². The fraction of sp³-hybridized carbons (Fsp3) is 0.917. The quantitative estimate of drug-likeness (QED) is 0.460. The fourth-order valence-electron chi connectivity index (χ4n) is 1.26. The van der Waals surface area contributed by atoms with E-state index < -0.39 is 0 Å². The summed E-state index contributed by atoms with van der Waals surface area (Å²) in [5.74, 6) is 0. The lowest BCUT2D eigenvalue weighted by Crippen LogP contribution is -1.91. The predicted octanol–water partition coefficient (Wildman–Crippen LogP) is 4.33. The molecular weight excluding hydrogens is 160 g/mol. The van der Waals surface area contributed by atoms with E-state index in [0.717, 1.165) is 13.0 Å². The van der Waals surface area contributed by atoms with Crippen LogP contribution in [0.4, 0.5) is 0 Å². The van der Waals surface area contributed by atoms with E-state index in [9.17, 15) is 0 Å². The number of hydrogen-bond donors (Lipinski definition) is 0. The minimum Gasteiger partial charge on any atom is -0.376 e. The van der Waals surface area contributed by atoms with Gasteiger partial charge in [-0.2, -0.15) is 0 Å². The maximum absolute atomic E-state index is 5.39. The Morgan fingerprint density at radius 3 is 2.23 bits per heavy atom. The van der Waals surface area contributed by atoms with E-state index >= 15 is 0 Å². The van der Waals surface area contributed by atoms with Crippen LogP contribution in [-0.4, -0.2) is 6.61 Å². The van der Waals surface area contributed by atoms with Gasteiger partial charge in [0.1, 0.15) is 0 Å². The van der Waals surface area contributed by atoms with Crippen molar-refractivity contribution in [3.8, 4) is 0 Å². The summed E-state index contributed by atoms with van der Waals surface area (Å²) in [6.45, 7) is 7.37. The predicted molar refractivity (Wildman–Crippen MR) is 58.5 cm³/mol. The van der Waals surface area contributed by atoms with Gasteiger partial charge in [0, 0.05) is 6.61 Å². The molecule has 0 amide bonds. The SMILES string of the molecule is CCCCCC[CH]OCCCCC. The molecule has 79 valence electrons. The first-order valence-corrected chi connectivity index (χ1v) is 5.85. The van der Waals surface area contributed by atoms with E-state index in [0.29, 0.717) is 0 Å². The summed E-state index contributed by atoms with van der Waals surface area (Å²) < 4.78 is 5.39. The summed E-state index contributed by atoms with van der Waals surface area (Å²) in [6, 6.07) is 0. The van der Waals surface area contributed by atoms with Crippen LogP contribution in [0.5, 0.6) is 0 Å². The second kappa shape index (κ2) is 12.0. The second-order valence-electron chi connectivity index (χ2n) is 3.59. The summed E-state index contributed by atoms with van der Waals surface area (Å²) in [6.07, 6.45) is 10.2. The van der Waals surface area contributed by atoms with E-state index in [1.165, 1.54) is 44.9 Å². The summed E-state index contributed by atoms with van der Waals surface area (Å²) in [7, 11) is 0. The van der Waals surface area contributed by atoms with Crippen LogP contribution in [-0.2, 0) is 4.74 Å². The number of ether oxygens (including phenoxy) is 1. The van der Waals surface area contributed by atoms with Gasteiger partial charge in [-0.3, -0.25) is 0 Å². The molecule has 0 spiro atoms. The molecule has 0 N–H and O–H groups in total. The highest BCUT2D eigenvalue weighted by molar-refractivity contribution is 4.52. The largest absolute Gasteiger partial charge is 0.376 e. The summed E-state index contributed by atoms with van der Waals surface area (Å²) >= 11 is 0. The third kappa shape index (κ3) is 12.0. The lowest BCUT2D eigenvalue weighted by atomic mass is 10.2. The highest BCUT2D eigenvalue weighted by atomic mass is 16.5. The van der Waals surface area contributed by atoms with Crippen LogP contribution in [0.3, 0.4) is 0 Å². The van der Waals surface area contributed by atoms with Crippen LogP contribution in [0.15, 0.2) is 0 Å². The average Bonchev–Trinajstić information content (AvgIpc) is 2.16. The van der Waals surface area contributed by atoms with Crippen LogP contribution < -0.4 is 0 Å². The minimum atomic E-state index is 0.918. The Bertz CT molecular complexity index is 71.2. The van der Waals surface area contributed by atoms with Crippen molar-refractivity contribution >= 4 is 0 Å². The Morgan fingerprint density at radius 1 is 0.846 bits per heavy atom. The normalized spacial score (nSPS) is 10.6. The van der Waals surface area contributed by atoms with Gasteiger partial charge in [-0.25, -0.2) is 0 Å². The molecule has 1 nitrogen and oxygen atoms in total. The van der Waals surface area contributed by atoms with Crippen LogP contribution in [0, 0.1) is 6.61 Å². The lowest BCUT2D eigenvalue weighted by molar-refractivity contribution is 0.184. The molecule has 0 bridgehead atoms. The van der Waals surface area contributed by atoms with Crippen molar-refractivity contribution in [1.82, 2.24) is 0 Å². The Kier molecular flexibility index (Phi) is 11.9. The first-order chi connectivity index (χ1) is 6.41. The molecule has 0 saturated carbocycles. The first kappa shape index (κ1) is 13.0. The maximum atomic E-state index is 5.39. The molecule has 0 aromatic heterocycles. The van der Waals surface area contributed by atoms with Crippen LogP contribution in [0.1, 0.15) is 65.2 Å². The van der Waals surface area contributed by atoms with Crippen molar-refractivity contribution in [2.75, 3.05) is 6.61 Å². The van der Waals surface area contributed by atoms with Crippen LogP contribution in [0.2, 0.25) is 0 Å². The Hall–Kier alpha value is -0.0400. The van der Waals surface area contributed by atoms with E-state index in [1.54, 1.807) is 0 Å². The molecule has 0 atom stereocenters. The fourth-order valence-corrected chi connectivity index (χ4v) is 1.26. The summed E-state index contributed by atoms with van der Waals surface area (Å²) in [5, 5.41) is 0. The van der Waals surface area contributed by atoms with Crippen molar-refractivity contribution in [1.29, 1.82) is 0 Å². The molecule has 0 heterocycles. The third-order valence-electron chi connectivity index (χ3n) is 2.16. The molecule has 0 aliphatic heterocycles. The second-order valence-corrected chi connectivity index (χ2v) is 3.59. The minimum absolute atomic E-state index is 0.918. The van der Waals surface area contributed by atoms with Crippen molar-refractivity contribution in [3.63, 3.8) is 0 Å². The standard InChI is InChI=1S/C12H25O/c1-3-5-7-8-10-12-13-11-9-6-4-2/h12H,3-11H2,1-2H3. The zero-order valence-electron chi connectivity index (χ0n) is 9.35. The third-order valence-corrected chi connectivity index (χ3v) is 2.16. The molecule has 0 aromatic rings. The molecule has 0 fully saturated rings. The van der Waals surface area contributed by atoms with Gasteiger partial charge in [0.05, 0.1) is 6.61 Å². The first-order valence-electron chi connectivity index (χ1n) is 5.85. The van der Waals surface area contributed by atoms with E-state index in [1.807, 2.05) is 6.61 Å². The maximum Gasteiger partial charge on any atom is 0.0836 e. The van der Waals surface area contributed by atoms with Crippen molar-refractivity contribution in [3.05, 3.63) is 6.61 Å². The highest BCUT2D eigenvalue weighted by Crippen LogP contribution is 2.05. The smallest absolute Gasteiger partial charge is 0.0836 e. The van der Waals surface area contributed by atoms with Crippen LogP contribution in [0.25, 0.3) is 0 Å². The number of rotatable bonds is 10. The highest BCUT2D eigenvalue weighted by Gasteiger charge is 1.91. The molecule has 1 radical (unpaired) electrons. The van der Waals surface area contributed by atoms with Crippen molar-refractivity contribution < 1.29 is 4.74 Å². The van der Waals surface area contributed by atoms with Crippen molar-refractivity contribution in [2.45, 2.75) is 65.2 Å². The molecular formula is C12H25O. The average molecular weight is 185 g/mol. The molecule has 13 heavy (non-hydrogen) atoms. The van der Waals surface area contributed by atoms with E-state index in [-0.39, 0.29) is 0 Å². The van der Waals surface area contributed by atoms with Gasteiger partial charge >= 0.3 is 0 Å². The molecule has 0 unspecified atom stereocenters. The van der Waals surface area contributed by atoms with E-state index in [4.69, 9.17) is 4.74 Å². The van der Waals surface area contributed by atoms with Gasteiger partial charge in [0.25, 0.3) is 0 Å². The van der Waals surface area contributed by atoms with E-state index in [2.05, 4.69) is 13.8 Å². The molecule has 1 heteroatoms. The molecule has 0 aromatic carbocycles. The van der Waals surface area contributed by atoms with Gasteiger partial charge in [-0.15, -0.1) is 0 Å². The Morgan fingerprint density at radius 2 is 1.54 bits per heavy atom. The molecule has 0 rings (SSSR count). The summed E-state index contributed by atoms with van der Waals surface area (Å²) in [5.41, 5.74) is 0. The monoisotopic (exact) mass is 185 g/mol. The Labute approximate surface area is 83.9 Å². The lowest BCUT2D eigenvalue weighted by Gasteiger charge is -2.02. The number of unbranched alkanes of at least 4 members (excludes halogenated alkanes) is 6. The van der Waals surface area contributed by atoms with Gasteiger partial charge in [-0.05, 0) is 12.8 Å². The Balaban J connectivity index is 2.76. The molecule has 0 aliphatic carbocycles. The zero-order chi connectivity index (χ0) is 9.78. The molecule has 0 saturated heterocycles. The van der Waals surface area contributed by atoms with Crippen molar-refractivity contribution in [2.24, 2.45) is 0 Å². The van der Waals surface area contributed by atoms with Gasteiger partial charge in [0.15, 0.2) is 0 Å².